The van der Waals surface area contributed by atoms with Crippen LogP contribution in [-0.4, -0.2) is 56.1 Å². The molecule has 7 nitrogen and oxygen atoms in total. The monoisotopic (exact) mass is 439 g/mol. The molecule has 32 heavy (non-hydrogen) atoms. The molecule has 1 amide bonds. The predicted octanol–water partition coefficient (Wildman–Crippen LogP) is 3.73. The van der Waals surface area contributed by atoms with E-state index in [-0.39, 0.29) is 24.7 Å². The Morgan fingerprint density at radius 3 is 2.47 bits per heavy atom. The zero-order valence-electron chi connectivity index (χ0n) is 19.0. The Balaban J connectivity index is 1.41. The summed E-state index contributed by atoms with van der Waals surface area (Å²) in [6, 6.07) is 9.31. The number of hydrogen-bond acceptors (Lipinski definition) is 6. The van der Waals surface area contributed by atoms with Gasteiger partial charge in [-0.15, -0.1) is 0 Å². The summed E-state index contributed by atoms with van der Waals surface area (Å²) >= 11 is 0. The van der Waals surface area contributed by atoms with Crippen LogP contribution >= 0.6 is 0 Å². The molecule has 0 aliphatic carbocycles. The average molecular weight is 440 g/mol. The number of fused-ring (bicyclic) bond motifs is 1. The molecular formula is C25H29NO6. The second kappa shape index (κ2) is 8.73. The number of Topliss-reactive ketones (excluding diaryl/α,β-unsaturated/α-hetero) is 1. The second-order valence-corrected chi connectivity index (χ2v) is 8.53. The van der Waals surface area contributed by atoms with Gasteiger partial charge in [0.05, 0.1) is 20.6 Å². The van der Waals surface area contributed by atoms with Crippen LogP contribution in [0.25, 0.3) is 0 Å². The quantitative estimate of drug-likeness (QED) is 0.707. The number of methoxy groups -OCH3 is 2. The summed E-state index contributed by atoms with van der Waals surface area (Å²) in [5, 5.41) is 0. The fraction of sp³-hybridized carbons (Fsp3) is 0.440. The van der Waals surface area contributed by atoms with Gasteiger partial charge in [0.25, 0.3) is 5.91 Å². The Bertz CT molecular complexity index is 1040. The zero-order chi connectivity index (χ0) is 22.9. The summed E-state index contributed by atoms with van der Waals surface area (Å²) in [6.45, 7) is 5.01. The molecule has 0 bridgehead atoms. The standard InChI is InChI=1S/C25H29NO6/c1-16-5-6-20(17(2)11-16)31-15-23(28)26-9-7-25(8-10-26)14-19(27)24-21(30-4)12-18(29-3)13-22(24)32-25/h5-6,11-13H,7-10,14-15H2,1-4H3. The van der Waals surface area contributed by atoms with E-state index in [0.717, 1.165) is 16.9 Å². The second-order valence-electron chi connectivity index (χ2n) is 8.53. The summed E-state index contributed by atoms with van der Waals surface area (Å²) in [4.78, 5) is 27.5. The predicted molar refractivity (Wildman–Crippen MR) is 119 cm³/mol. The summed E-state index contributed by atoms with van der Waals surface area (Å²) in [6.07, 6.45) is 1.42. The van der Waals surface area contributed by atoms with Crippen LogP contribution < -0.4 is 18.9 Å². The van der Waals surface area contributed by atoms with Gasteiger partial charge in [-0.2, -0.15) is 0 Å². The lowest BCUT2D eigenvalue weighted by atomic mass is 9.82. The van der Waals surface area contributed by atoms with Gasteiger partial charge < -0.3 is 23.8 Å². The maximum atomic E-state index is 13.0. The molecule has 0 aromatic heterocycles. The SMILES string of the molecule is COc1cc(OC)c2c(c1)OC1(CCN(C(=O)COc3ccc(C)cc3C)CC1)CC2=O. The Kier molecular flexibility index (Phi) is 6.00. The molecule has 0 unspecified atom stereocenters. The van der Waals surface area contributed by atoms with Gasteiger partial charge in [-0.1, -0.05) is 17.7 Å². The van der Waals surface area contributed by atoms with Crippen molar-refractivity contribution in [1.29, 1.82) is 0 Å². The summed E-state index contributed by atoms with van der Waals surface area (Å²) in [7, 11) is 3.09. The van der Waals surface area contributed by atoms with Crippen LogP contribution in [0.4, 0.5) is 0 Å². The van der Waals surface area contributed by atoms with Gasteiger partial charge in [0.1, 0.15) is 34.2 Å². The summed E-state index contributed by atoms with van der Waals surface area (Å²) in [5.74, 6) is 2.15. The third-order valence-corrected chi connectivity index (χ3v) is 6.29. The van der Waals surface area contributed by atoms with E-state index in [4.69, 9.17) is 18.9 Å². The lowest BCUT2D eigenvalue weighted by molar-refractivity contribution is -0.136. The number of likely N-dealkylation sites (tertiary alicyclic amines) is 1. The van der Waals surface area contributed by atoms with Gasteiger partial charge in [-0.25, -0.2) is 0 Å². The minimum Gasteiger partial charge on any atom is -0.496 e. The maximum absolute atomic E-state index is 13.0. The molecule has 2 aromatic rings. The minimum atomic E-state index is -0.618. The highest BCUT2D eigenvalue weighted by atomic mass is 16.5. The van der Waals surface area contributed by atoms with Crippen molar-refractivity contribution in [2.24, 2.45) is 0 Å². The van der Waals surface area contributed by atoms with Crippen molar-refractivity contribution >= 4 is 11.7 Å². The number of hydrogen-bond donors (Lipinski definition) is 0. The van der Waals surface area contributed by atoms with E-state index in [1.807, 2.05) is 32.0 Å². The largest absolute Gasteiger partial charge is 0.496 e. The van der Waals surface area contributed by atoms with Gasteiger partial charge in [0.2, 0.25) is 0 Å². The number of ketones is 1. The highest BCUT2D eigenvalue weighted by molar-refractivity contribution is 6.03. The van der Waals surface area contributed by atoms with Gasteiger partial charge in [-0.3, -0.25) is 9.59 Å². The van der Waals surface area contributed by atoms with E-state index < -0.39 is 5.60 Å². The van der Waals surface area contributed by atoms with E-state index in [1.54, 1.807) is 24.1 Å². The molecule has 0 N–H and O–H groups in total. The number of nitrogens with zero attached hydrogens (tertiary/aromatic N) is 1. The number of amides is 1. The molecule has 7 heteroatoms. The van der Waals surface area contributed by atoms with Crippen LogP contribution in [0.2, 0.25) is 0 Å². The van der Waals surface area contributed by atoms with Gasteiger partial charge in [0, 0.05) is 38.1 Å². The van der Waals surface area contributed by atoms with Crippen molar-refractivity contribution < 1.29 is 28.5 Å². The number of aryl methyl sites for hydroxylation is 2. The van der Waals surface area contributed by atoms with Crippen molar-refractivity contribution in [2.75, 3.05) is 33.9 Å². The lowest BCUT2D eigenvalue weighted by Gasteiger charge is -2.44. The van der Waals surface area contributed by atoms with Gasteiger partial charge >= 0.3 is 0 Å². The number of carbonyl (C=O) groups is 2. The molecule has 170 valence electrons. The number of rotatable bonds is 5. The number of ether oxygens (including phenoxy) is 4. The number of carbonyl (C=O) groups excluding carboxylic acids is 2. The van der Waals surface area contributed by atoms with Gasteiger partial charge in [-0.05, 0) is 25.5 Å². The van der Waals surface area contributed by atoms with E-state index in [0.29, 0.717) is 48.7 Å². The molecule has 2 aliphatic rings. The molecule has 2 heterocycles. The molecule has 4 rings (SSSR count). The van der Waals surface area contributed by atoms with Crippen LogP contribution in [0, 0.1) is 13.8 Å². The van der Waals surface area contributed by atoms with E-state index >= 15 is 0 Å². The highest BCUT2D eigenvalue weighted by Crippen LogP contribution is 2.44. The van der Waals surface area contributed by atoms with Gasteiger partial charge in [0.15, 0.2) is 12.4 Å². The Morgan fingerprint density at radius 2 is 1.81 bits per heavy atom. The molecule has 2 aliphatic heterocycles. The highest BCUT2D eigenvalue weighted by Gasteiger charge is 2.45. The molecular weight excluding hydrogens is 410 g/mol. The fourth-order valence-corrected chi connectivity index (χ4v) is 4.48. The van der Waals surface area contributed by atoms with Crippen LogP contribution in [0.15, 0.2) is 30.3 Å². The van der Waals surface area contributed by atoms with E-state index in [9.17, 15) is 9.59 Å². The topological polar surface area (TPSA) is 74.3 Å². The van der Waals surface area contributed by atoms with Crippen LogP contribution in [-0.2, 0) is 4.79 Å². The molecule has 1 fully saturated rings. The number of piperidine rings is 1. The molecule has 1 saturated heterocycles. The maximum Gasteiger partial charge on any atom is 0.260 e. The summed E-state index contributed by atoms with van der Waals surface area (Å²) in [5.41, 5.74) is 2.00. The molecule has 0 radical (unpaired) electrons. The minimum absolute atomic E-state index is 0.00603. The average Bonchev–Trinajstić information content (AvgIpc) is 2.77. The summed E-state index contributed by atoms with van der Waals surface area (Å²) < 4.78 is 22.8. The normalized spacial score (nSPS) is 16.9. The molecule has 2 aromatic carbocycles. The Hall–Kier alpha value is -3.22. The van der Waals surface area contributed by atoms with E-state index in [2.05, 4.69) is 0 Å². The third kappa shape index (κ3) is 4.24. The Morgan fingerprint density at radius 1 is 1.06 bits per heavy atom. The molecule has 0 atom stereocenters. The first-order valence-electron chi connectivity index (χ1n) is 10.8. The fourth-order valence-electron chi connectivity index (χ4n) is 4.48. The number of benzene rings is 2. The molecule has 1 spiro atoms. The first-order chi connectivity index (χ1) is 15.3. The van der Waals surface area contributed by atoms with Crippen molar-refractivity contribution in [3.63, 3.8) is 0 Å². The van der Waals surface area contributed by atoms with E-state index in [1.165, 1.54) is 7.11 Å². The van der Waals surface area contributed by atoms with Crippen LogP contribution in [0.5, 0.6) is 23.0 Å². The smallest absolute Gasteiger partial charge is 0.260 e. The van der Waals surface area contributed by atoms with Crippen molar-refractivity contribution in [2.45, 2.75) is 38.7 Å². The first-order valence-corrected chi connectivity index (χ1v) is 10.8. The van der Waals surface area contributed by atoms with Crippen molar-refractivity contribution in [1.82, 2.24) is 4.90 Å². The van der Waals surface area contributed by atoms with Crippen LogP contribution in [0.3, 0.4) is 0 Å². The van der Waals surface area contributed by atoms with Crippen LogP contribution in [0.1, 0.15) is 40.7 Å². The Labute approximate surface area is 188 Å². The third-order valence-electron chi connectivity index (χ3n) is 6.29. The lowest BCUT2D eigenvalue weighted by Crippen LogP contribution is -2.53. The first kappa shape index (κ1) is 22.0. The van der Waals surface area contributed by atoms with Crippen molar-refractivity contribution in [3.05, 3.63) is 47.0 Å². The zero-order valence-corrected chi connectivity index (χ0v) is 19.0. The molecule has 0 saturated carbocycles. The van der Waals surface area contributed by atoms with Crippen molar-refractivity contribution in [3.8, 4) is 23.0 Å².